The fourth-order valence-corrected chi connectivity index (χ4v) is 1.52. The number of rotatable bonds is 3. The number of amides is 1. The Morgan fingerprint density at radius 2 is 2.11 bits per heavy atom. The summed E-state index contributed by atoms with van der Waals surface area (Å²) in [7, 11) is 0. The Kier molecular flexibility index (Phi) is 3.09. The van der Waals surface area contributed by atoms with Crippen molar-refractivity contribution in [3.8, 4) is 0 Å². The predicted molar refractivity (Wildman–Crippen MR) is 61.0 cm³/mol. The summed E-state index contributed by atoms with van der Waals surface area (Å²) in [4.78, 5) is 32.8. The zero-order chi connectivity index (χ0) is 13.1. The summed E-state index contributed by atoms with van der Waals surface area (Å²) in [6.45, 7) is 0.237. The standard InChI is InChI=1S/C12H9NO5/c14-10(3-4-11(15)16)13-8-2-1-7-6-18-12(17)9(7)5-8/h1-5H,6H2,(H,13,14)(H,15,16)/b4-3+. The molecular formula is C12H9NO5. The molecule has 0 aliphatic carbocycles. The molecule has 0 unspecified atom stereocenters. The fraction of sp³-hybridized carbons (Fsp3) is 0.0833. The van der Waals surface area contributed by atoms with Gasteiger partial charge < -0.3 is 15.2 Å². The largest absolute Gasteiger partial charge is 0.478 e. The number of nitrogens with one attached hydrogen (secondary N) is 1. The first-order valence-electron chi connectivity index (χ1n) is 5.08. The number of carboxylic acid groups (broad SMARTS) is 1. The number of carboxylic acids is 1. The summed E-state index contributed by atoms with van der Waals surface area (Å²) in [5.74, 6) is -2.21. The van der Waals surface area contributed by atoms with Crippen molar-refractivity contribution in [3.05, 3.63) is 41.5 Å². The van der Waals surface area contributed by atoms with Crippen LogP contribution in [0.3, 0.4) is 0 Å². The molecule has 0 saturated carbocycles. The minimum absolute atomic E-state index is 0.237. The number of carbonyl (C=O) groups is 3. The summed E-state index contributed by atoms with van der Waals surface area (Å²) in [5.41, 5.74) is 1.58. The van der Waals surface area contributed by atoms with Crippen molar-refractivity contribution in [1.82, 2.24) is 0 Å². The van der Waals surface area contributed by atoms with Crippen LogP contribution in [0.5, 0.6) is 0 Å². The number of benzene rings is 1. The van der Waals surface area contributed by atoms with Gasteiger partial charge in [0.2, 0.25) is 5.91 Å². The third-order valence-corrected chi connectivity index (χ3v) is 2.33. The molecule has 1 aliphatic heterocycles. The van der Waals surface area contributed by atoms with Gasteiger partial charge in [0.05, 0.1) is 5.56 Å². The molecule has 0 atom stereocenters. The Bertz CT molecular complexity index is 562. The Morgan fingerprint density at radius 1 is 1.33 bits per heavy atom. The molecule has 92 valence electrons. The number of carbonyl (C=O) groups excluding carboxylic acids is 2. The molecule has 0 fully saturated rings. The maximum atomic E-state index is 11.3. The van der Waals surface area contributed by atoms with Gasteiger partial charge in [-0.05, 0) is 12.1 Å². The van der Waals surface area contributed by atoms with E-state index in [0.29, 0.717) is 11.3 Å². The molecule has 1 heterocycles. The van der Waals surface area contributed by atoms with E-state index in [-0.39, 0.29) is 6.61 Å². The molecule has 1 aromatic rings. The molecule has 0 bridgehead atoms. The van der Waals surface area contributed by atoms with Gasteiger partial charge in [0.25, 0.3) is 0 Å². The highest BCUT2D eigenvalue weighted by Gasteiger charge is 2.21. The van der Waals surface area contributed by atoms with Crippen LogP contribution in [0.1, 0.15) is 15.9 Å². The molecule has 1 amide bonds. The van der Waals surface area contributed by atoms with Gasteiger partial charge in [0.1, 0.15) is 6.61 Å². The van der Waals surface area contributed by atoms with Gasteiger partial charge in [-0.3, -0.25) is 4.79 Å². The lowest BCUT2D eigenvalue weighted by Crippen LogP contribution is -2.09. The predicted octanol–water partition coefficient (Wildman–Crippen LogP) is 0.936. The van der Waals surface area contributed by atoms with Gasteiger partial charge >= 0.3 is 11.9 Å². The number of esters is 1. The fourth-order valence-electron chi connectivity index (χ4n) is 1.52. The van der Waals surface area contributed by atoms with Crippen LogP contribution in [0.15, 0.2) is 30.4 Å². The number of hydrogen-bond acceptors (Lipinski definition) is 4. The smallest absolute Gasteiger partial charge is 0.338 e. The summed E-state index contributed by atoms with van der Waals surface area (Å²) in [5, 5.41) is 10.8. The number of fused-ring (bicyclic) bond motifs is 1. The lowest BCUT2D eigenvalue weighted by atomic mass is 10.1. The average molecular weight is 247 g/mol. The van der Waals surface area contributed by atoms with Crippen LogP contribution in [-0.2, 0) is 20.9 Å². The van der Waals surface area contributed by atoms with Crippen molar-refractivity contribution >= 4 is 23.5 Å². The quantitative estimate of drug-likeness (QED) is 0.612. The first-order valence-corrected chi connectivity index (χ1v) is 5.08. The van der Waals surface area contributed by atoms with Crippen molar-refractivity contribution in [1.29, 1.82) is 0 Å². The van der Waals surface area contributed by atoms with Crippen molar-refractivity contribution < 1.29 is 24.2 Å². The monoisotopic (exact) mass is 247 g/mol. The second kappa shape index (κ2) is 4.70. The highest BCUT2D eigenvalue weighted by molar-refractivity contribution is 6.03. The summed E-state index contributed by atoms with van der Waals surface area (Å²) in [6.07, 6.45) is 1.63. The van der Waals surface area contributed by atoms with E-state index in [0.717, 1.165) is 17.7 Å². The number of aliphatic carboxylic acids is 1. The van der Waals surface area contributed by atoms with Crippen LogP contribution in [0.25, 0.3) is 0 Å². The molecule has 18 heavy (non-hydrogen) atoms. The highest BCUT2D eigenvalue weighted by atomic mass is 16.5. The summed E-state index contributed by atoms with van der Waals surface area (Å²) in [6, 6.07) is 4.79. The number of ether oxygens (including phenoxy) is 1. The third kappa shape index (κ3) is 2.54. The van der Waals surface area contributed by atoms with Gasteiger partial charge in [0.15, 0.2) is 0 Å². The van der Waals surface area contributed by atoms with Crippen LogP contribution in [0, 0.1) is 0 Å². The number of cyclic esters (lactones) is 1. The first-order chi connectivity index (χ1) is 8.56. The molecule has 1 aromatic carbocycles. The number of hydrogen-bond donors (Lipinski definition) is 2. The van der Waals surface area contributed by atoms with Gasteiger partial charge in [-0.25, -0.2) is 9.59 Å². The van der Waals surface area contributed by atoms with Crippen LogP contribution >= 0.6 is 0 Å². The summed E-state index contributed by atoms with van der Waals surface area (Å²) >= 11 is 0. The van der Waals surface area contributed by atoms with Crippen LogP contribution in [-0.4, -0.2) is 23.0 Å². The molecule has 0 aromatic heterocycles. The Balaban J connectivity index is 2.11. The zero-order valence-corrected chi connectivity index (χ0v) is 9.17. The van der Waals surface area contributed by atoms with E-state index in [1.54, 1.807) is 12.1 Å². The second-order valence-electron chi connectivity index (χ2n) is 3.61. The van der Waals surface area contributed by atoms with Crippen molar-refractivity contribution in [2.24, 2.45) is 0 Å². The lowest BCUT2D eigenvalue weighted by molar-refractivity contribution is -0.131. The van der Waals surface area contributed by atoms with Gasteiger partial charge in [-0.15, -0.1) is 0 Å². The molecule has 0 radical (unpaired) electrons. The molecule has 6 heteroatoms. The van der Waals surface area contributed by atoms with Gasteiger partial charge in [0, 0.05) is 23.4 Å². The van der Waals surface area contributed by atoms with Crippen LogP contribution < -0.4 is 5.32 Å². The Morgan fingerprint density at radius 3 is 2.83 bits per heavy atom. The molecule has 1 aliphatic rings. The van der Waals surface area contributed by atoms with E-state index in [2.05, 4.69) is 5.32 Å². The topological polar surface area (TPSA) is 92.7 Å². The molecular weight excluding hydrogens is 238 g/mol. The van der Waals surface area contributed by atoms with E-state index in [1.807, 2.05) is 0 Å². The maximum Gasteiger partial charge on any atom is 0.338 e. The molecule has 2 N–H and O–H groups in total. The van der Waals surface area contributed by atoms with Crippen molar-refractivity contribution in [2.45, 2.75) is 6.61 Å². The molecule has 0 saturated heterocycles. The second-order valence-corrected chi connectivity index (χ2v) is 3.61. The average Bonchev–Trinajstić information content (AvgIpc) is 2.69. The van der Waals surface area contributed by atoms with Crippen molar-refractivity contribution in [2.75, 3.05) is 5.32 Å². The third-order valence-electron chi connectivity index (χ3n) is 2.33. The zero-order valence-electron chi connectivity index (χ0n) is 9.17. The molecule has 6 nitrogen and oxygen atoms in total. The van der Waals surface area contributed by atoms with Gasteiger partial charge in [-0.2, -0.15) is 0 Å². The normalized spacial score (nSPS) is 13.2. The van der Waals surface area contributed by atoms with E-state index in [4.69, 9.17) is 9.84 Å². The molecule has 2 rings (SSSR count). The Labute approximate surface area is 102 Å². The van der Waals surface area contributed by atoms with E-state index in [1.165, 1.54) is 6.07 Å². The van der Waals surface area contributed by atoms with E-state index >= 15 is 0 Å². The van der Waals surface area contributed by atoms with Crippen LogP contribution in [0.2, 0.25) is 0 Å². The lowest BCUT2D eigenvalue weighted by Gasteiger charge is -2.02. The van der Waals surface area contributed by atoms with E-state index in [9.17, 15) is 14.4 Å². The minimum Gasteiger partial charge on any atom is -0.478 e. The van der Waals surface area contributed by atoms with E-state index < -0.39 is 17.8 Å². The SMILES string of the molecule is O=C(O)/C=C/C(=O)Nc1ccc2c(c1)C(=O)OC2. The van der Waals surface area contributed by atoms with Crippen molar-refractivity contribution in [3.63, 3.8) is 0 Å². The number of anilines is 1. The highest BCUT2D eigenvalue weighted by Crippen LogP contribution is 2.23. The van der Waals surface area contributed by atoms with Gasteiger partial charge in [-0.1, -0.05) is 6.07 Å². The maximum absolute atomic E-state index is 11.3. The Hall–Kier alpha value is -2.63. The minimum atomic E-state index is -1.21. The first kappa shape index (κ1) is 11.8. The molecule has 0 spiro atoms. The summed E-state index contributed by atoms with van der Waals surface area (Å²) < 4.78 is 4.82. The van der Waals surface area contributed by atoms with Crippen LogP contribution in [0.4, 0.5) is 5.69 Å².